The molecule has 1 atom stereocenters. The number of likely N-dealkylation sites (N-methyl/N-ethyl adjacent to an activating group) is 1. The van der Waals surface area contributed by atoms with Gasteiger partial charge in [-0.15, -0.1) is 0 Å². The van der Waals surface area contributed by atoms with E-state index in [1.54, 1.807) is 5.57 Å². The van der Waals surface area contributed by atoms with E-state index in [-0.39, 0.29) is 0 Å². The van der Waals surface area contributed by atoms with E-state index in [1.165, 1.54) is 41.3 Å². The number of benzene rings is 1. The minimum atomic E-state index is 0.379. The van der Waals surface area contributed by atoms with E-state index in [4.69, 9.17) is 0 Å². The van der Waals surface area contributed by atoms with Crippen molar-refractivity contribution in [3.63, 3.8) is 0 Å². The molecule has 0 amide bonds. The first-order valence-corrected chi connectivity index (χ1v) is 7.70. The zero-order chi connectivity index (χ0) is 13.0. The van der Waals surface area contributed by atoms with Gasteiger partial charge in [-0.1, -0.05) is 52.7 Å². The molecule has 1 unspecified atom stereocenters. The highest BCUT2D eigenvalue weighted by atomic mass is 79.9. The Morgan fingerprint density at radius 3 is 2.83 bits per heavy atom. The van der Waals surface area contributed by atoms with Gasteiger partial charge in [-0.25, -0.2) is 0 Å². The first-order valence-electron chi connectivity index (χ1n) is 6.91. The molecule has 0 spiro atoms. The Labute approximate surface area is 119 Å². The Balaban J connectivity index is 2.34. The second-order valence-corrected chi connectivity index (χ2v) is 5.79. The maximum atomic E-state index is 3.75. The Morgan fingerprint density at radius 2 is 2.17 bits per heavy atom. The Morgan fingerprint density at radius 1 is 1.33 bits per heavy atom. The summed E-state index contributed by atoms with van der Waals surface area (Å²) in [4.78, 5) is 0. The molecule has 0 aliphatic heterocycles. The lowest BCUT2D eigenvalue weighted by Gasteiger charge is -2.26. The molecular weight excluding hydrogens is 286 g/mol. The molecule has 0 fully saturated rings. The molecule has 1 aliphatic rings. The first kappa shape index (κ1) is 13.8. The summed E-state index contributed by atoms with van der Waals surface area (Å²) in [5.74, 6) is 0. The van der Waals surface area contributed by atoms with Crippen LogP contribution in [0.25, 0.3) is 0 Å². The van der Waals surface area contributed by atoms with E-state index >= 15 is 0 Å². The van der Waals surface area contributed by atoms with Gasteiger partial charge in [0.15, 0.2) is 0 Å². The van der Waals surface area contributed by atoms with Crippen LogP contribution in [0.4, 0.5) is 0 Å². The summed E-state index contributed by atoms with van der Waals surface area (Å²) in [6.45, 7) is 5.34. The number of aryl methyl sites for hydroxylation is 1. The summed E-state index contributed by atoms with van der Waals surface area (Å²) in [5.41, 5.74) is 4.26. The van der Waals surface area contributed by atoms with Crippen LogP contribution in [-0.4, -0.2) is 6.54 Å². The van der Waals surface area contributed by atoms with Crippen LogP contribution in [0.3, 0.4) is 0 Å². The lowest BCUT2D eigenvalue weighted by molar-refractivity contribution is 0.562. The molecule has 1 N–H and O–H groups in total. The fraction of sp³-hybridized carbons (Fsp3) is 0.500. The van der Waals surface area contributed by atoms with E-state index in [2.05, 4.69) is 59.4 Å². The number of allylic oxidation sites excluding steroid dienone is 1. The van der Waals surface area contributed by atoms with E-state index in [0.29, 0.717) is 6.04 Å². The third kappa shape index (κ3) is 3.04. The smallest absolute Gasteiger partial charge is 0.0547 e. The molecule has 2 heteroatoms. The highest BCUT2D eigenvalue weighted by Crippen LogP contribution is 2.34. The third-order valence-corrected chi connectivity index (χ3v) is 4.72. The second-order valence-electron chi connectivity index (χ2n) is 4.99. The SMILES string of the molecule is CCNC(C1=CCCCC1)c1cccc(C)c1Br. The summed E-state index contributed by atoms with van der Waals surface area (Å²) in [6.07, 6.45) is 7.58. The van der Waals surface area contributed by atoms with Gasteiger partial charge in [0.25, 0.3) is 0 Å². The molecule has 1 aromatic carbocycles. The van der Waals surface area contributed by atoms with E-state index < -0.39 is 0 Å². The zero-order valence-electron chi connectivity index (χ0n) is 11.3. The van der Waals surface area contributed by atoms with Crippen LogP contribution in [0.1, 0.15) is 49.8 Å². The average Bonchev–Trinajstić information content (AvgIpc) is 2.41. The Bertz CT molecular complexity index is 437. The van der Waals surface area contributed by atoms with Gasteiger partial charge in [-0.3, -0.25) is 0 Å². The predicted octanol–water partition coefficient (Wildman–Crippen LogP) is 4.91. The molecular formula is C16H22BrN. The number of halogens is 1. The van der Waals surface area contributed by atoms with Crippen molar-refractivity contribution in [1.82, 2.24) is 5.32 Å². The van der Waals surface area contributed by atoms with Crippen LogP contribution in [0.2, 0.25) is 0 Å². The monoisotopic (exact) mass is 307 g/mol. The summed E-state index contributed by atoms with van der Waals surface area (Å²) in [5, 5.41) is 3.64. The summed E-state index contributed by atoms with van der Waals surface area (Å²) in [6, 6.07) is 6.93. The van der Waals surface area contributed by atoms with Crippen molar-refractivity contribution in [2.75, 3.05) is 6.54 Å². The highest BCUT2D eigenvalue weighted by Gasteiger charge is 2.19. The molecule has 1 aromatic rings. The summed E-state index contributed by atoms with van der Waals surface area (Å²) < 4.78 is 1.25. The lowest BCUT2D eigenvalue weighted by Crippen LogP contribution is -2.24. The van der Waals surface area contributed by atoms with Gasteiger partial charge in [0.05, 0.1) is 6.04 Å². The largest absolute Gasteiger partial charge is 0.307 e. The van der Waals surface area contributed by atoms with Crippen molar-refractivity contribution in [1.29, 1.82) is 0 Å². The molecule has 18 heavy (non-hydrogen) atoms. The molecule has 0 aromatic heterocycles. The van der Waals surface area contributed by atoms with Gasteiger partial charge >= 0.3 is 0 Å². The zero-order valence-corrected chi connectivity index (χ0v) is 12.9. The maximum Gasteiger partial charge on any atom is 0.0547 e. The van der Waals surface area contributed by atoms with Crippen molar-refractivity contribution in [3.05, 3.63) is 45.4 Å². The van der Waals surface area contributed by atoms with Crippen molar-refractivity contribution in [3.8, 4) is 0 Å². The quantitative estimate of drug-likeness (QED) is 0.779. The molecule has 0 bridgehead atoms. The molecule has 2 rings (SSSR count). The highest BCUT2D eigenvalue weighted by molar-refractivity contribution is 9.10. The summed E-state index contributed by atoms with van der Waals surface area (Å²) in [7, 11) is 0. The molecule has 1 nitrogen and oxygen atoms in total. The van der Waals surface area contributed by atoms with Gasteiger partial charge in [0.2, 0.25) is 0 Å². The van der Waals surface area contributed by atoms with Gasteiger partial charge in [-0.05, 0) is 50.3 Å². The van der Waals surface area contributed by atoms with E-state index in [0.717, 1.165) is 6.54 Å². The van der Waals surface area contributed by atoms with Crippen molar-refractivity contribution < 1.29 is 0 Å². The second kappa shape index (κ2) is 6.53. The van der Waals surface area contributed by atoms with Crippen molar-refractivity contribution in [2.45, 2.75) is 45.6 Å². The Hall–Kier alpha value is -0.600. The van der Waals surface area contributed by atoms with Gasteiger partial charge in [0.1, 0.15) is 0 Å². The van der Waals surface area contributed by atoms with Crippen LogP contribution in [-0.2, 0) is 0 Å². The number of hydrogen-bond acceptors (Lipinski definition) is 1. The van der Waals surface area contributed by atoms with Crippen molar-refractivity contribution >= 4 is 15.9 Å². The van der Waals surface area contributed by atoms with Crippen LogP contribution in [0, 0.1) is 6.92 Å². The molecule has 0 saturated heterocycles. The minimum absolute atomic E-state index is 0.379. The molecule has 98 valence electrons. The van der Waals surface area contributed by atoms with Gasteiger partial charge in [-0.2, -0.15) is 0 Å². The summed E-state index contributed by atoms with van der Waals surface area (Å²) >= 11 is 3.75. The van der Waals surface area contributed by atoms with Crippen LogP contribution >= 0.6 is 15.9 Å². The lowest BCUT2D eigenvalue weighted by atomic mass is 9.89. The third-order valence-electron chi connectivity index (χ3n) is 3.64. The van der Waals surface area contributed by atoms with Gasteiger partial charge in [0, 0.05) is 4.47 Å². The Kier molecular flexibility index (Phi) is 5.02. The van der Waals surface area contributed by atoms with E-state index in [1.807, 2.05) is 0 Å². The topological polar surface area (TPSA) is 12.0 Å². The van der Waals surface area contributed by atoms with E-state index in [9.17, 15) is 0 Å². The molecule has 0 heterocycles. The maximum absolute atomic E-state index is 3.75. The predicted molar refractivity (Wildman–Crippen MR) is 81.8 cm³/mol. The van der Waals surface area contributed by atoms with Crippen LogP contribution in [0.15, 0.2) is 34.3 Å². The fourth-order valence-electron chi connectivity index (χ4n) is 2.66. The number of nitrogens with one attached hydrogen (secondary N) is 1. The number of rotatable bonds is 4. The molecule has 0 radical (unpaired) electrons. The average molecular weight is 308 g/mol. The van der Waals surface area contributed by atoms with Crippen molar-refractivity contribution in [2.24, 2.45) is 0 Å². The van der Waals surface area contributed by atoms with Gasteiger partial charge < -0.3 is 5.32 Å². The number of hydrogen-bond donors (Lipinski definition) is 1. The molecule has 0 saturated carbocycles. The normalized spacial score (nSPS) is 17.4. The molecule has 1 aliphatic carbocycles. The fourth-order valence-corrected chi connectivity index (χ4v) is 3.16. The standard InChI is InChI=1S/C16H22BrN/c1-3-18-16(13-9-5-4-6-10-13)14-11-7-8-12(2)15(14)17/h7-9,11,16,18H,3-6,10H2,1-2H3. The minimum Gasteiger partial charge on any atom is -0.307 e. The van der Waals surface area contributed by atoms with Crippen LogP contribution < -0.4 is 5.32 Å². The first-order chi connectivity index (χ1) is 8.74. The van der Waals surface area contributed by atoms with Crippen LogP contribution in [0.5, 0.6) is 0 Å².